The number of furan rings is 2. The second-order valence-electron chi connectivity index (χ2n) is 8.66. The fourth-order valence-electron chi connectivity index (χ4n) is 4.70. The maximum absolute atomic E-state index is 13.2. The van der Waals surface area contributed by atoms with Crippen molar-refractivity contribution >= 4 is 39.4 Å². The maximum Gasteiger partial charge on any atom is 0.266 e. The third kappa shape index (κ3) is 3.73. The summed E-state index contributed by atoms with van der Waals surface area (Å²) in [7, 11) is 1.58. The van der Waals surface area contributed by atoms with Gasteiger partial charge in [-0.3, -0.25) is 4.79 Å². The van der Waals surface area contributed by atoms with Crippen LogP contribution in [0.4, 0.5) is 11.6 Å². The van der Waals surface area contributed by atoms with Gasteiger partial charge in [-0.1, -0.05) is 18.2 Å². The predicted octanol–water partition coefficient (Wildman–Crippen LogP) is 5.57. The van der Waals surface area contributed by atoms with Crippen LogP contribution in [0.15, 0.2) is 68.0 Å². The number of rotatable bonds is 5. The number of ether oxygens (including phenoxy) is 1. The molecule has 2 aromatic carbocycles. The summed E-state index contributed by atoms with van der Waals surface area (Å²) in [6.07, 6.45) is 2.72. The molecule has 6 rings (SSSR count). The highest BCUT2D eigenvalue weighted by Gasteiger charge is 2.30. The van der Waals surface area contributed by atoms with Crippen LogP contribution < -0.4 is 15.0 Å². The summed E-state index contributed by atoms with van der Waals surface area (Å²) < 4.78 is 22.7. The standard InChI is InChI=1S/C27H22N4O5/c1-33-24-13-18-17-5-2-3-6-21(17)35-23(18)14-19(24)29-25(32)16-8-10-31(11-9-16)27-20(15-28)30-26(36-27)22-7-4-12-34-22/h2-7,12-14,16H,8-11H2,1H3,(H,29,32). The Kier molecular flexibility index (Phi) is 5.34. The third-order valence-electron chi connectivity index (χ3n) is 6.56. The van der Waals surface area contributed by atoms with Gasteiger partial charge in [0.25, 0.3) is 5.89 Å². The van der Waals surface area contributed by atoms with Crippen molar-refractivity contribution in [2.75, 3.05) is 30.4 Å². The molecular formula is C27H22N4O5. The number of carbonyl (C=O) groups excluding carboxylic acids is 1. The molecule has 0 aliphatic carbocycles. The Morgan fingerprint density at radius 1 is 1.11 bits per heavy atom. The van der Waals surface area contributed by atoms with Gasteiger partial charge in [0.05, 0.1) is 19.1 Å². The molecule has 0 unspecified atom stereocenters. The number of hydrogen-bond acceptors (Lipinski definition) is 8. The molecule has 5 aromatic rings. The van der Waals surface area contributed by atoms with Gasteiger partial charge in [-0.25, -0.2) is 0 Å². The molecule has 36 heavy (non-hydrogen) atoms. The Balaban J connectivity index is 1.17. The Hall–Kier alpha value is -4.71. The second-order valence-corrected chi connectivity index (χ2v) is 8.66. The van der Waals surface area contributed by atoms with Gasteiger partial charge in [-0.15, -0.1) is 0 Å². The van der Waals surface area contributed by atoms with Crippen LogP contribution in [0.2, 0.25) is 0 Å². The van der Waals surface area contributed by atoms with E-state index in [1.807, 2.05) is 41.3 Å². The van der Waals surface area contributed by atoms with E-state index >= 15 is 0 Å². The molecule has 1 saturated heterocycles. The van der Waals surface area contributed by atoms with Gasteiger partial charge in [0, 0.05) is 35.8 Å². The molecule has 4 heterocycles. The fourth-order valence-corrected chi connectivity index (χ4v) is 4.70. The van der Waals surface area contributed by atoms with Crippen LogP contribution in [0.1, 0.15) is 18.5 Å². The molecule has 1 aliphatic rings. The normalized spacial score (nSPS) is 14.3. The van der Waals surface area contributed by atoms with Crippen molar-refractivity contribution in [2.45, 2.75) is 12.8 Å². The van der Waals surface area contributed by atoms with E-state index in [-0.39, 0.29) is 23.4 Å². The Labute approximate surface area is 205 Å². The minimum Gasteiger partial charge on any atom is -0.495 e. The van der Waals surface area contributed by atoms with Crippen LogP contribution in [-0.2, 0) is 4.79 Å². The lowest BCUT2D eigenvalue weighted by Crippen LogP contribution is -2.38. The molecule has 9 heteroatoms. The number of nitrogens with one attached hydrogen (secondary N) is 1. The summed E-state index contributed by atoms with van der Waals surface area (Å²) in [4.78, 5) is 19.4. The lowest BCUT2D eigenvalue weighted by Gasteiger charge is -2.31. The highest BCUT2D eigenvalue weighted by molar-refractivity contribution is 6.07. The minimum atomic E-state index is -0.199. The SMILES string of the molecule is COc1cc2c(cc1NC(=O)C1CCN(c3oc(-c4ccco4)nc3C#N)CC1)oc1ccccc12. The van der Waals surface area contributed by atoms with E-state index in [1.165, 1.54) is 6.26 Å². The predicted molar refractivity (Wildman–Crippen MR) is 133 cm³/mol. The molecule has 0 bridgehead atoms. The van der Waals surface area contributed by atoms with Gasteiger partial charge in [-0.2, -0.15) is 10.2 Å². The number of methoxy groups -OCH3 is 1. The summed E-state index contributed by atoms with van der Waals surface area (Å²) in [6.45, 7) is 1.11. The molecule has 1 fully saturated rings. The summed E-state index contributed by atoms with van der Waals surface area (Å²) in [6, 6.07) is 17.0. The van der Waals surface area contributed by atoms with E-state index in [0.717, 1.165) is 16.4 Å². The van der Waals surface area contributed by atoms with Gasteiger partial charge < -0.3 is 28.2 Å². The average molecular weight is 482 g/mol. The second kappa shape index (κ2) is 8.82. The minimum absolute atomic E-state index is 0.0854. The number of amides is 1. The topological polar surface area (TPSA) is 118 Å². The first kappa shape index (κ1) is 21.8. The highest BCUT2D eigenvalue weighted by atomic mass is 16.5. The van der Waals surface area contributed by atoms with Crippen molar-refractivity contribution in [1.29, 1.82) is 5.26 Å². The van der Waals surface area contributed by atoms with E-state index in [1.54, 1.807) is 19.2 Å². The number of para-hydroxylation sites is 1. The van der Waals surface area contributed by atoms with Crippen molar-refractivity contribution in [3.05, 3.63) is 60.5 Å². The number of piperidine rings is 1. The zero-order valence-corrected chi connectivity index (χ0v) is 19.5. The molecule has 0 saturated carbocycles. The number of nitrogens with zero attached hydrogens (tertiary/aromatic N) is 3. The first-order chi connectivity index (χ1) is 17.6. The summed E-state index contributed by atoms with van der Waals surface area (Å²) >= 11 is 0. The van der Waals surface area contributed by atoms with E-state index in [9.17, 15) is 10.1 Å². The van der Waals surface area contributed by atoms with Crippen LogP contribution >= 0.6 is 0 Å². The highest BCUT2D eigenvalue weighted by Crippen LogP contribution is 2.37. The quantitative estimate of drug-likeness (QED) is 0.345. The number of benzene rings is 2. The van der Waals surface area contributed by atoms with Crippen LogP contribution in [-0.4, -0.2) is 31.1 Å². The summed E-state index contributed by atoms with van der Waals surface area (Å²) in [5.74, 6) is 1.42. The zero-order chi connectivity index (χ0) is 24.6. The molecular weight excluding hydrogens is 460 g/mol. The molecule has 0 spiro atoms. The molecule has 1 amide bonds. The number of anilines is 2. The fraction of sp³-hybridized carbons (Fsp3) is 0.222. The van der Waals surface area contributed by atoms with E-state index in [4.69, 9.17) is 18.0 Å². The van der Waals surface area contributed by atoms with Crippen molar-refractivity contribution < 1.29 is 22.8 Å². The number of aromatic nitrogens is 1. The number of hydrogen-bond donors (Lipinski definition) is 1. The Morgan fingerprint density at radius 3 is 2.69 bits per heavy atom. The third-order valence-corrected chi connectivity index (χ3v) is 6.56. The Morgan fingerprint density at radius 2 is 1.94 bits per heavy atom. The van der Waals surface area contributed by atoms with E-state index < -0.39 is 0 Å². The van der Waals surface area contributed by atoms with Crippen molar-refractivity contribution in [3.63, 3.8) is 0 Å². The smallest absolute Gasteiger partial charge is 0.266 e. The lowest BCUT2D eigenvalue weighted by molar-refractivity contribution is -0.120. The van der Waals surface area contributed by atoms with Gasteiger partial charge in [-0.05, 0) is 37.1 Å². The largest absolute Gasteiger partial charge is 0.495 e. The number of oxazole rings is 1. The molecule has 180 valence electrons. The molecule has 0 atom stereocenters. The molecule has 1 aliphatic heterocycles. The van der Waals surface area contributed by atoms with Crippen molar-refractivity contribution in [1.82, 2.24) is 4.98 Å². The van der Waals surface area contributed by atoms with Crippen molar-refractivity contribution in [2.24, 2.45) is 5.92 Å². The van der Waals surface area contributed by atoms with Gasteiger partial charge >= 0.3 is 0 Å². The van der Waals surface area contributed by atoms with E-state index in [2.05, 4.69) is 16.4 Å². The monoisotopic (exact) mass is 482 g/mol. The average Bonchev–Trinajstić information content (AvgIpc) is 3.66. The number of fused-ring (bicyclic) bond motifs is 3. The molecule has 1 N–H and O–H groups in total. The molecule has 3 aromatic heterocycles. The van der Waals surface area contributed by atoms with E-state index in [0.29, 0.717) is 54.6 Å². The van der Waals surface area contributed by atoms with Gasteiger partial charge in [0.2, 0.25) is 17.5 Å². The molecule has 9 nitrogen and oxygen atoms in total. The van der Waals surface area contributed by atoms with Crippen LogP contribution in [0.3, 0.4) is 0 Å². The van der Waals surface area contributed by atoms with Gasteiger partial charge in [0.15, 0.2) is 5.76 Å². The molecule has 0 radical (unpaired) electrons. The maximum atomic E-state index is 13.2. The zero-order valence-electron chi connectivity index (χ0n) is 19.5. The first-order valence-corrected chi connectivity index (χ1v) is 11.6. The van der Waals surface area contributed by atoms with Crippen LogP contribution in [0, 0.1) is 17.2 Å². The van der Waals surface area contributed by atoms with Crippen LogP contribution in [0.5, 0.6) is 5.75 Å². The number of carbonyl (C=O) groups is 1. The van der Waals surface area contributed by atoms with Crippen molar-refractivity contribution in [3.8, 4) is 23.5 Å². The summed E-state index contributed by atoms with van der Waals surface area (Å²) in [5, 5.41) is 14.5. The van der Waals surface area contributed by atoms with Crippen LogP contribution in [0.25, 0.3) is 33.6 Å². The summed E-state index contributed by atoms with van der Waals surface area (Å²) in [5.41, 5.74) is 2.24. The number of nitriles is 1. The van der Waals surface area contributed by atoms with Gasteiger partial charge in [0.1, 0.15) is 23.0 Å². The Bertz CT molecular complexity index is 1600. The first-order valence-electron chi connectivity index (χ1n) is 11.6. The lowest BCUT2D eigenvalue weighted by atomic mass is 9.95.